The lowest BCUT2D eigenvalue weighted by atomic mass is 10.2. The third-order valence-electron chi connectivity index (χ3n) is 2.59. The number of nitrogens with one attached hydrogen (secondary N) is 2. The number of urea groups is 1. The van der Waals surface area contributed by atoms with E-state index in [0.29, 0.717) is 17.9 Å². The number of nitrogens with two attached hydrogens (primary N) is 1. The van der Waals surface area contributed by atoms with Gasteiger partial charge in [-0.2, -0.15) is 0 Å². The van der Waals surface area contributed by atoms with Gasteiger partial charge >= 0.3 is 6.03 Å². The van der Waals surface area contributed by atoms with Gasteiger partial charge in [-0.1, -0.05) is 12.1 Å². The van der Waals surface area contributed by atoms with E-state index in [1.54, 1.807) is 12.3 Å². The monoisotopic (exact) mass is 256 g/mol. The molecule has 5 nitrogen and oxygen atoms in total. The van der Waals surface area contributed by atoms with Gasteiger partial charge in [0.05, 0.1) is 11.9 Å². The van der Waals surface area contributed by atoms with Crippen LogP contribution in [0.2, 0.25) is 0 Å². The molecule has 1 aromatic carbocycles. The summed E-state index contributed by atoms with van der Waals surface area (Å²) in [6.07, 6.45) is 1.62. The quantitative estimate of drug-likeness (QED) is 0.789. The zero-order chi connectivity index (χ0) is 13.7. The average Bonchev–Trinajstić information content (AvgIpc) is 2.41. The summed E-state index contributed by atoms with van der Waals surface area (Å²) in [6, 6.07) is 10.8. The fourth-order valence-corrected chi connectivity index (χ4v) is 1.61. The summed E-state index contributed by atoms with van der Waals surface area (Å²) >= 11 is 0. The molecular formula is C14H16N4O. The number of hydrogen-bond acceptors (Lipinski definition) is 3. The minimum atomic E-state index is -0.306. The first-order valence-corrected chi connectivity index (χ1v) is 5.97. The van der Waals surface area contributed by atoms with E-state index < -0.39 is 0 Å². The molecule has 0 saturated heterocycles. The van der Waals surface area contributed by atoms with Crippen molar-refractivity contribution in [3.63, 3.8) is 0 Å². The number of pyridine rings is 1. The predicted molar refractivity (Wildman–Crippen MR) is 75.9 cm³/mol. The SMILES string of the molecule is Cc1ccc(NC(=O)Nc2cccc(CN)c2)cn1. The van der Waals surface area contributed by atoms with Crippen LogP contribution >= 0.6 is 0 Å². The summed E-state index contributed by atoms with van der Waals surface area (Å²) in [7, 11) is 0. The van der Waals surface area contributed by atoms with Crippen molar-refractivity contribution in [3.8, 4) is 0 Å². The van der Waals surface area contributed by atoms with Crippen LogP contribution in [-0.4, -0.2) is 11.0 Å². The second-order valence-corrected chi connectivity index (χ2v) is 4.17. The van der Waals surface area contributed by atoms with Crippen LogP contribution in [0.4, 0.5) is 16.2 Å². The van der Waals surface area contributed by atoms with E-state index in [2.05, 4.69) is 15.6 Å². The van der Waals surface area contributed by atoms with E-state index in [4.69, 9.17) is 5.73 Å². The molecule has 0 unspecified atom stereocenters. The van der Waals surface area contributed by atoms with Gasteiger partial charge in [0.1, 0.15) is 0 Å². The number of rotatable bonds is 3. The van der Waals surface area contributed by atoms with E-state index >= 15 is 0 Å². The van der Waals surface area contributed by atoms with E-state index in [1.165, 1.54) is 0 Å². The van der Waals surface area contributed by atoms with Crippen molar-refractivity contribution in [1.29, 1.82) is 0 Å². The summed E-state index contributed by atoms with van der Waals surface area (Å²) in [5.74, 6) is 0. The van der Waals surface area contributed by atoms with Gasteiger partial charge in [0, 0.05) is 17.9 Å². The topological polar surface area (TPSA) is 80.0 Å². The van der Waals surface area contributed by atoms with Gasteiger partial charge in [-0.15, -0.1) is 0 Å². The van der Waals surface area contributed by atoms with Gasteiger partial charge in [-0.05, 0) is 36.8 Å². The highest BCUT2D eigenvalue weighted by atomic mass is 16.2. The molecule has 1 heterocycles. The molecule has 0 aliphatic heterocycles. The Kier molecular flexibility index (Phi) is 4.10. The standard InChI is InChI=1S/C14H16N4O/c1-10-5-6-13(9-16-10)18-14(19)17-12-4-2-3-11(7-12)8-15/h2-7,9H,8,15H2,1H3,(H2,17,18,19). The number of benzene rings is 1. The number of nitrogens with zero attached hydrogens (tertiary/aromatic N) is 1. The second-order valence-electron chi connectivity index (χ2n) is 4.17. The summed E-state index contributed by atoms with van der Waals surface area (Å²) in [6.45, 7) is 2.33. The zero-order valence-corrected chi connectivity index (χ0v) is 10.7. The van der Waals surface area contributed by atoms with Crippen molar-refractivity contribution in [2.45, 2.75) is 13.5 Å². The molecule has 2 amide bonds. The molecule has 0 saturated carbocycles. The van der Waals surface area contributed by atoms with Crippen LogP contribution in [0.3, 0.4) is 0 Å². The van der Waals surface area contributed by atoms with Gasteiger partial charge in [0.15, 0.2) is 0 Å². The number of carbonyl (C=O) groups is 1. The Balaban J connectivity index is 1.99. The van der Waals surface area contributed by atoms with Crippen molar-refractivity contribution in [3.05, 3.63) is 53.9 Å². The van der Waals surface area contributed by atoms with Crippen molar-refractivity contribution < 1.29 is 4.79 Å². The minimum absolute atomic E-state index is 0.306. The Morgan fingerprint density at radius 2 is 2.00 bits per heavy atom. The first kappa shape index (κ1) is 13.0. The average molecular weight is 256 g/mol. The highest BCUT2D eigenvalue weighted by Crippen LogP contribution is 2.11. The van der Waals surface area contributed by atoms with Crippen molar-refractivity contribution in [2.24, 2.45) is 5.73 Å². The molecule has 2 aromatic rings. The fourth-order valence-electron chi connectivity index (χ4n) is 1.61. The molecule has 0 spiro atoms. The van der Waals surface area contributed by atoms with Crippen LogP contribution in [0.15, 0.2) is 42.6 Å². The Labute approximate surface area is 111 Å². The lowest BCUT2D eigenvalue weighted by Gasteiger charge is -2.08. The van der Waals surface area contributed by atoms with E-state index in [9.17, 15) is 4.79 Å². The zero-order valence-electron chi connectivity index (χ0n) is 10.7. The fraction of sp³-hybridized carbons (Fsp3) is 0.143. The maximum Gasteiger partial charge on any atom is 0.323 e. The number of amides is 2. The molecule has 19 heavy (non-hydrogen) atoms. The number of anilines is 2. The molecule has 0 radical (unpaired) electrons. The molecule has 0 bridgehead atoms. The first-order valence-electron chi connectivity index (χ1n) is 5.97. The molecular weight excluding hydrogens is 240 g/mol. The van der Waals surface area contributed by atoms with Crippen LogP contribution in [0.25, 0.3) is 0 Å². The molecule has 0 aliphatic rings. The van der Waals surface area contributed by atoms with Crippen molar-refractivity contribution in [1.82, 2.24) is 4.98 Å². The molecule has 0 atom stereocenters. The molecule has 5 heteroatoms. The summed E-state index contributed by atoms with van der Waals surface area (Å²) in [5.41, 5.74) is 8.78. The van der Waals surface area contributed by atoms with Crippen molar-refractivity contribution in [2.75, 3.05) is 10.6 Å². The lowest BCUT2D eigenvalue weighted by molar-refractivity contribution is 0.262. The molecule has 1 aromatic heterocycles. The highest BCUT2D eigenvalue weighted by Gasteiger charge is 2.03. The molecule has 0 aliphatic carbocycles. The molecule has 0 fully saturated rings. The Morgan fingerprint density at radius 3 is 2.68 bits per heavy atom. The molecule has 2 rings (SSSR count). The number of aromatic nitrogens is 1. The van der Waals surface area contributed by atoms with Gasteiger partial charge in [0.25, 0.3) is 0 Å². The maximum atomic E-state index is 11.8. The van der Waals surface area contributed by atoms with Gasteiger partial charge < -0.3 is 16.4 Å². The lowest BCUT2D eigenvalue weighted by Crippen LogP contribution is -2.19. The van der Waals surface area contributed by atoms with Crippen LogP contribution in [-0.2, 0) is 6.54 Å². The summed E-state index contributed by atoms with van der Waals surface area (Å²) in [5, 5.41) is 5.46. The van der Waals surface area contributed by atoms with E-state index in [1.807, 2.05) is 37.3 Å². The third kappa shape index (κ3) is 3.79. The molecule has 4 N–H and O–H groups in total. The maximum absolute atomic E-state index is 11.8. The van der Waals surface area contributed by atoms with Gasteiger partial charge in [0.2, 0.25) is 0 Å². The Bertz CT molecular complexity index is 566. The summed E-state index contributed by atoms with van der Waals surface area (Å²) < 4.78 is 0. The smallest absolute Gasteiger partial charge is 0.323 e. The predicted octanol–water partition coefficient (Wildman–Crippen LogP) is 2.49. The van der Waals surface area contributed by atoms with E-state index in [-0.39, 0.29) is 6.03 Å². The van der Waals surface area contributed by atoms with Gasteiger partial charge in [-0.3, -0.25) is 4.98 Å². The normalized spacial score (nSPS) is 10.0. The second kappa shape index (κ2) is 5.97. The number of aryl methyl sites for hydroxylation is 1. The van der Waals surface area contributed by atoms with Crippen molar-refractivity contribution >= 4 is 17.4 Å². The Hall–Kier alpha value is -2.40. The highest BCUT2D eigenvalue weighted by molar-refractivity contribution is 5.99. The summed E-state index contributed by atoms with van der Waals surface area (Å²) in [4.78, 5) is 15.9. The van der Waals surface area contributed by atoms with Crippen LogP contribution < -0.4 is 16.4 Å². The number of hydrogen-bond donors (Lipinski definition) is 3. The van der Waals surface area contributed by atoms with Gasteiger partial charge in [-0.25, -0.2) is 4.79 Å². The molecule has 98 valence electrons. The minimum Gasteiger partial charge on any atom is -0.326 e. The first-order chi connectivity index (χ1) is 9.17. The largest absolute Gasteiger partial charge is 0.326 e. The Morgan fingerprint density at radius 1 is 1.21 bits per heavy atom. The third-order valence-corrected chi connectivity index (χ3v) is 2.59. The number of carbonyl (C=O) groups excluding carboxylic acids is 1. The van der Waals surface area contributed by atoms with Crippen LogP contribution in [0.1, 0.15) is 11.3 Å². The van der Waals surface area contributed by atoms with Crippen LogP contribution in [0.5, 0.6) is 0 Å². The van der Waals surface area contributed by atoms with Crippen LogP contribution in [0, 0.1) is 6.92 Å². The van der Waals surface area contributed by atoms with E-state index in [0.717, 1.165) is 11.3 Å².